The molecule has 0 amide bonds. The van der Waals surface area contributed by atoms with Crippen molar-refractivity contribution in [2.24, 2.45) is 0 Å². The predicted octanol–water partition coefficient (Wildman–Crippen LogP) is 6.46. The zero-order chi connectivity index (χ0) is 14.4. The van der Waals surface area contributed by atoms with Gasteiger partial charge >= 0.3 is 0 Å². The Morgan fingerprint density at radius 1 is 0.667 bits per heavy atom. The molecule has 3 heteroatoms. The minimum absolute atomic E-state index is 0.970. The van der Waals surface area contributed by atoms with Gasteiger partial charge in [-0.15, -0.1) is 0 Å². The average Bonchev–Trinajstić information content (AvgIpc) is 2.89. The van der Waals surface area contributed by atoms with Gasteiger partial charge in [0.05, 0.1) is 3.57 Å². The third kappa shape index (κ3) is 2.26. The molecule has 0 unspecified atom stereocenters. The van der Waals surface area contributed by atoms with Crippen LogP contribution in [0.25, 0.3) is 33.1 Å². The molecule has 0 saturated heterocycles. The molecule has 1 nitrogen and oxygen atoms in total. The first-order valence-electron chi connectivity index (χ1n) is 6.60. The highest BCUT2D eigenvalue weighted by atomic mass is 127. The van der Waals surface area contributed by atoms with Crippen LogP contribution in [-0.4, -0.2) is 0 Å². The van der Waals surface area contributed by atoms with Crippen LogP contribution in [0.2, 0.25) is 0 Å². The lowest BCUT2D eigenvalue weighted by Gasteiger charge is -2.02. The van der Waals surface area contributed by atoms with Crippen molar-refractivity contribution in [2.75, 3.05) is 0 Å². The van der Waals surface area contributed by atoms with E-state index in [4.69, 9.17) is 4.42 Å². The first kappa shape index (κ1) is 13.6. The number of furan rings is 1. The fraction of sp³-hybridized carbons (Fsp3) is 0. The van der Waals surface area contributed by atoms with Gasteiger partial charge in [-0.25, -0.2) is 0 Å². The van der Waals surface area contributed by atoms with E-state index in [1.54, 1.807) is 0 Å². The van der Waals surface area contributed by atoms with Crippen LogP contribution in [0.3, 0.4) is 0 Å². The number of hydrogen-bond acceptors (Lipinski definition) is 1. The molecule has 0 atom stereocenters. The van der Waals surface area contributed by atoms with Crippen LogP contribution < -0.4 is 0 Å². The van der Waals surface area contributed by atoms with E-state index in [1.165, 1.54) is 19.9 Å². The van der Waals surface area contributed by atoms with Crippen molar-refractivity contribution in [1.29, 1.82) is 0 Å². The summed E-state index contributed by atoms with van der Waals surface area (Å²) in [4.78, 5) is 0. The molecular formula is C18H10I2O. The molecule has 1 heterocycles. The van der Waals surface area contributed by atoms with E-state index >= 15 is 0 Å². The maximum Gasteiger partial charge on any atom is 0.148 e. The Morgan fingerprint density at radius 2 is 1.33 bits per heavy atom. The molecule has 21 heavy (non-hydrogen) atoms. The van der Waals surface area contributed by atoms with Gasteiger partial charge in [0.2, 0.25) is 0 Å². The van der Waals surface area contributed by atoms with Gasteiger partial charge in [-0.1, -0.05) is 42.5 Å². The fourth-order valence-corrected chi connectivity index (χ4v) is 3.61. The zero-order valence-electron chi connectivity index (χ0n) is 10.9. The van der Waals surface area contributed by atoms with Gasteiger partial charge in [0.25, 0.3) is 0 Å². The topological polar surface area (TPSA) is 13.1 Å². The molecule has 1 aromatic heterocycles. The lowest BCUT2D eigenvalue weighted by atomic mass is 10.0. The molecule has 4 rings (SSSR count). The van der Waals surface area contributed by atoms with Gasteiger partial charge in [0, 0.05) is 19.9 Å². The minimum Gasteiger partial charge on any atom is -0.454 e. The highest BCUT2D eigenvalue weighted by molar-refractivity contribution is 14.1. The van der Waals surface area contributed by atoms with Crippen LogP contribution >= 0.6 is 45.2 Å². The number of fused-ring (bicyclic) bond motifs is 3. The molecule has 4 aromatic rings. The summed E-state index contributed by atoms with van der Waals surface area (Å²) >= 11 is 4.65. The minimum atomic E-state index is 0.970. The molecule has 3 aromatic carbocycles. The quantitative estimate of drug-likeness (QED) is 0.276. The van der Waals surface area contributed by atoms with Crippen molar-refractivity contribution in [3.8, 4) is 11.1 Å². The van der Waals surface area contributed by atoms with Crippen LogP contribution in [0, 0.1) is 7.14 Å². The first-order valence-corrected chi connectivity index (χ1v) is 8.75. The van der Waals surface area contributed by atoms with E-state index < -0.39 is 0 Å². The highest BCUT2D eigenvalue weighted by Gasteiger charge is 2.13. The lowest BCUT2D eigenvalue weighted by Crippen LogP contribution is -1.79. The standard InChI is InChI=1S/C18H10I2O/c19-12-9-7-11(8-10-12)13-3-1-4-14-15-5-2-6-16(20)18(15)21-17(13)14/h1-10H. The molecule has 0 aliphatic heterocycles. The van der Waals surface area contributed by atoms with Crippen molar-refractivity contribution >= 4 is 67.1 Å². The summed E-state index contributed by atoms with van der Waals surface area (Å²) in [7, 11) is 0. The van der Waals surface area contributed by atoms with Crippen LogP contribution in [0.1, 0.15) is 0 Å². The molecule has 0 spiro atoms. The molecule has 0 bridgehead atoms. The molecule has 0 aliphatic carbocycles. The van der Waals surface area contributed by atoms with Crippen LogP contribution in [0.4, 0.5) is 0 Å². The van der Waals surface area contributed by atoms with E-state index in [-0.39, 0.29) is 0 Å². The second kappa shape index (κ2) is 5.28. The Hall–Kier alpha value is -1.08. The molecular weight excluding hydrogens is 486 g/mol. The Labute approximate surface area is 149 Å². The fourth-order valence-electron chi connectivity index (χ4n) is 2.64. The second-order valence-corrected chi connectivity index (χ2v) is 7.32. The monoisotopic (exact) mass is 496 g/mol. The summed E-state index contributed by atoms with van der Waals surface area (Å²) in [5.41, 5.74) is 4.29. The molecule has 0 radical (unpaired) electrons. The Bertz CT molecular complexity index is 952. The van der Waals surface area contributed by atoms with E-state index in [2.05, 4.69) is 106 Å². The molecule has 0 saturated carbocycles. The van der Waals surface area contributed by atoms with E-state index in [1.807, 2.05) is 0 Å². The smallest absolute Gasteiger partial charge is 0.148 e. The van der Waals surface area contributed by atoms with Gasteiger partial charge < -0.3 is 4.42 Å². The molecule has 102 valence electrons. The second-order valence-electron chi connectivity index (χ2n) is 4.91. The third-order valence-corrected chi connectivity index (χ3v) is 5.20. The van der Waals surface area contributed by atoms with Crippen molar-refractivity contribution in [1.82, 2.24) is 0 Å². The first-order chi connectivity index (χ1) is 10.2. The van der Waals surface area contributed by atoms with Crippen molar-refractivity contribution in [2.45, 2.75) is 0 Å². The van der Waals surface area contributed by atoms with Crippen molar-refractivity contribution in [3.63, 3.8) is 0 Å². The lowest BCUT2D eigenvalue weighted by molar-refractivity contribution is 0.667. The largest absolute Gasteiger partial charge is 0.454 e. The molecule has 0 fully saturated rings. The van der Waals surface area contributed by atoms with Crippen LogP contribution in [-0.2, 0) is 0 Å². The average molecular weight is 496 g/mol. The number of rotatable bonds is 1. The van der Waals surface area contributed by atoms with Gasteiger partial charge in [-0.3, -0.25) is 0 Å². The Morgan fingerprint density at radius 3 is 2.10 bits per heavy atom. The summed E-state index contributed by atoms with van der Waals surface area (Å²) in [6, 6.07) is 21.2. The van der Waals surface area contributed by atoms with Gasteiger partial charge in [0.1, 0.15) is 11.2 Å². The number of benzene rings is 3. The highest BCUT2D eigenvalue weighted by Crippen LogP contribution is 2.37. The zero-order valence-corrected chi connectivity index (χ0v) is 15.3. The number of halogens is 2. The molecule has 0 N–H and O–H groups in total. The van der Waals surface area contributed by atoms with E-state index in [0.29, 0.717) is 0 Å². The summed E-state index contributed by atoms with van der Waals surface area (Å²) < 4.78 is 8.58. The summed E-state index contributed by atoms with van der Waals surface area (Å²) in [5.74, 6) is 0. The maximum absolute atomic E-state index is 6.19. The van der Waals surface area contributed by atoms with E-state index in [0.717, 1.165) is 20.3 Å². The maximum atomic E-state index is 6.19. The Kier molecular flexibility index (Phi) is 3.41. The van der Waals surface area contributed by atoms with Crippen molar-refractivity contribution in [3.05, 3.63) is 67.8 Å². The summed E-state index contributed by atoms with van der Waals surface area (Å²) in [6.45, 7) is 0. The number of para-hydroxylation sites is 2. The normalized spacial score (nSPS) is 11.3. The SMILES string of the molecule is Ic1ccc(-c2cccc3c2oc2c(I)cccc23)cc1. The van der Waals surface area contributed by atoms with Crippen LogP contribution in [0.15, 0.2) is 65.1 Å². The third-order valence-electron chi connectivity index (χ3n) is 3.63. The Balaban J connectivity index is 2.08. The van der Waals surface area contributed by atoms with Crippen LogP contribution in [0.5, 0.6) is 0 Å². The van der Waals surface area contributed by atoms with Crippen molar-refractivity contribution < 1.29 is 4.42 Å². The number of hydrogen-bond donors (Lipinski definition) is 0. The van der Waals surface area contributed by atoms with E-state index in [9.17, 15) is 0 Å². The molecule has 0 aliphatic rings. The van der Waals surface area contributed by atoms with Gasteiger partial charge in [-0.05, 0) is 68.9 Å². The predicted molar refractivity (Wildman–Crippen MR) is 105 cm³/mol. The summed E-state index contributed by atoms with van der Waals surface area (Å²) in [6.07, 6.45) is 0. The van der Waals surface area contributed by atoms with Gasteiger partial charge in [-0.2, -0.15) is 0 Å². The summed E-state index contributed by atoms with van der Waals surface area (Å²) in [5, 5.41) is 2.36. The van der Waals surface area contributed by atoms with Gasteiger partial charge in [0.15, 0.2) is 0 Å².